The number of carbonyl (C=O) groups is 1. The summed E-state index contributed by atoms with van der Waals surface area (Å²) in [5.74, 6) is 0.348. The van der Waals surface area contributed by atoms with E-state index in [1.807, 2.05) is 42.5 Å². The molecule has 0 saturated heterocycles. The van der Waals surface area contributed by atoms with Crippen LogP contribution in [0, 0.1) is 0 Å². The lowest BCUT2D eigenvalue weighted by Gasteiger charge is -2.19. The lowest BCUT2D eigenvalue weighted by molar-refractivity contribution is -0.119. The van der Waals surface area contributed by atoms with Crippen molar-refractivity contribution in [2.24, 2.45) is 5.10 Å². The standard InChI is InChI=1S/C20H16BrN3O4S/c1-26-15-6-7-16-18(10-15)29-20(23-16)24(19(25)17-12-27-8-9-28-17)22-11-13-2-4-14(21)5-3-13/h2-7,10-12H,8-9H2,1H3/b22-11+. The number of carbonyl (C=O) groups excluding carboxylic acids is 1. The molecule has 0 radical (unpaired) electrons. The molecular formula is C20H16BrN3O4S. The Kier molecular flexibility index (Phi) is 5.77. The molecule has 2 heterocycles. The number of anilines is 1. The zero-order chi connectivity index (χ0) is 20.2. The Labute approximate surface area is 179 Å². The van der Waals surface area contributed by atoms with Crippen LogP contribution in [0.4, 0.5) is 5.13 Å². The van der Waals surface area contributed by atoms with E-state index in [2.05, 4.69) is 26.0 Å². The number of rotatable bonds is 5. The largest absolute Gasteiger partial charge is 0.497 e. The number of thiazole rings is 1. The topological polar surface area (TPSA) is 73.2 Å². The number of methoxy groups -OCH3 is 1. The molecule has 0 atom stereocenters. The fraction of sp³-hybridized carbons (Fsp3) is 0.150. The van der Waals surface area contributed by atoms with Gasteiger partial charge in [-0.05, 0) is 35.9 Å². The highest BCUT2D eigenvalue weighted by molar-refractivity contribution is 9.10. The van der Waals surface area contributed by atoms with Crippen LogP contribution >= 0.6 is 27.3 Å². The summed E-state index contributed by atoms with van der Waals surface area (Å²) >= 11 is 4.74. The molecule has 0 unspecified atom stereocenters. The van der Waals surface area contributed by atoms with Crippen molar-refractivity contribution in [1.29, 1.82) is 0 Å². The van der Waals surface area contributed by atoms with Crippen molar-refractivity contribution in [3.8, 4) is 5.75 Å². The maximum Gasteiger partial charge on any atom is 0.319 e. The third-order valence-corrected chi connectivity index (χ3v) is 5.53. The number of ether oxygens (including phenoxy) is 3. The van der Waals surface area contributed by atoms with Gasteiger partial charge in [0.05, 0.1) is 23.5 Å². The lowest BCUT2D eigenvalue weighted by Crippen LogP contribution is -2.30. The number of halogens is 1. The number of hydrogen-bond acceptors (Lipinski definition) is 7. The molecule has 0 saturated carbocycles. The van der Waals surface area contributed by atoms with Crippen LogP contribution < -0.4 is 9.75 Å². The van der Waals surface area contributed by atoms with E-state index in [9.17, 15) is 4.79 Å². The minimum Gasteiger partial charge on any atom is -0.497 e. The monoisotopic (exact) mass is 473 g/mol. The molecule has 9 heteroatoms. The van der Waals surface area contributed by atoms with Crippen LogP contribution in [-0.2, 0) is 14.3 Å². The number of hydrogen-bond donors (Lipinski definition) is 0. The second-order valence-corrected chi connectivity index (χ2v) is 7.87. The number of nitrogens with zero attached hydrogens (tertiary/aromatic N) is 3. The molecule has 1 aliphatic heterocycles. The van der Waals surface area contributed by atoms with Gasteiger partial charge in [-0.25, -0.2) is 4.98 Å². The number of aromatic nitrogens is 1. The van der Waals surface area contributed by atoms with E-state index in [1.165, 1.54) is 22.6 Å². The molecule has 0 bridgehead atoms. The summed E-state index contributed by atoms with van der Waals surface area (Å²) < 4.78 is 17.8. The zero-order valence-electron chi connectivity index (χ0n) is 15.4. The highest BCUT2D eigenvalue weighted by Crippen LogP contribution is 2.32. The highest BCUT2D eigenvalue weighted by Gasteiger charge is 2.26. The molecule has 148 valence electrons. The lowest BCUT2D eigenvalue weighted by atomic mass is 10.2. The van der Waals surface area contributed by atoms with E-state index in [-0.39, 0.29) is 5.76 Å². The van der Waals surface area contributed by atoms with Crippen LogP contribution in [0.3, 0.4) is 0 Å². The van der Waals surface area contributed by atoms with Gasteiger partial charge < -0.3 is 14.2 Å². The van der Waals surface area contributed by atoms with Crippen LogP contribution in [0.2, 0.25) is 0 Å². The normalized spacial score (nSPS) is 13.7. The van der Waals surface area contributed by atoms with Crippen molar-refractivity contribution in [3.05, 3.63) is 64.5 Å². The smallest absolute Gasteiger partial charge is 0.319 e. The molecule has 7 nitrogen and oxygen atoms in total. The Morgan fingerprint density at radius 3 is 2.83 bits per heavy atom. The molecule has 3 aromatic rings. The van der Waals surface area contributed by atoms with Gasteiger partial charge in [0.2, 0.25) is 10.9 Å². The molecule has 0 aliphatic carbocycles. The van der Waals surface area contributed by atoms with E-state index in [0.29, 0.717) is 18.3 Å². The van der Waals surface area contributed by atoms with Crippen LogP contribution in [0.15, 0.2) is 64.1 Å². The second kappa shape index (κ2) is 8.62. The molecule has 0 N–H and O–H groups in total. The molecule has 29 heavy (non-hydrogen) atoms. The third-order valence-electron chi connectivity index (χ3n) is 4.01. The van der Waals surface area contributed by atoms with Crippen LogP contribution in [0.25, 0.3) is 10.2 Å². The fourth-order valence-electron chi connectivity index (χ4n) is 2.56. The van der Waals surface area contributed by atoms with Crippen molar-refractivity contribution in [2.45, 2.75) is 0 Å². The molecule has 0 spiro atoms. The summed E-state index contributed by atoms with van der Waals surface area (Å²) in [6.07, 6.45) is 2.91. The van der Waals surface area contributed by atoms with E-state index < -0.39 is 5.91 Å². The fourth-order valence-corrected chi connectivity index (χ4v) is 3.77. The quantitative estimate of drug-likeness (QED) is 0.407. The SMILES string of the molecule is COc1ccc2nc(N(/N=C/c3ccc(Br)cc3)C(=O)C3=COCCO3)sc2c1. The summed E-state index contributed by atoms with van der Waals surface area (Å²) in [5.41, 5.74) is 1.58. The van der Waals surface area contributed by atoms with Crippen molar-refractivity contribution in [3.63, 3.8) is 0 Å². The first kappa shape index (κ1) is 19.4. The summed E-state index contributed by atoms with van der Waals surface area (Å²) in [7, 11) is 1.61. The average molecular weight is 474 g/mol. The second-order valence-electron chi connectivity index (χ2n) is 5.94. The van der Waals surface area contributed by atoms with Crippen LogP contribution in [-0.4, -0.2) is 37.4 Å². The number of fused-ring (bicyclic) bond motifs is 1. The summed E-state index contributed by atoms with van der Waals surface area (Å²) in [6, 6.07) is 13.1. The first-order valence-electron chi connectivity index (χ1n) is 8.67. The van der Waals surface area contributed by atoms with E-state index in [1.54, 1.807) is 13.3 Å². The first-order valence-corrected chi connectivity index (χ1v) is 10.3. The van der Waals surface area contributed by atoms with Crippen LogP contribution in [0.1, 0.15) is 5.56 Å². The van der Waals surface area contributed by atoms with Gasteiger partial charge in [-0.1, -0.05) is 39.4 Å². The van der Waals surface area contributed by atoms with Gasteiger partial charge in [-0.2, -0.15) is 10.1 Å². The minimum atomic E-state index is -0.455. The molecule has 1 aliphatic rings. The van der Waals surface area contributed by atoms with Gasteiger partial charge in [0.15, 0.2) is 0 Å². The summed E-state index contributed by atoms with van der Waals surface area (Å²) in [4.78, 5) is 17.6. The van der Waals surface area contributed by atoms with E-state index in [0.717, 1.165) is 26.0 Å². The number of amides is 1. The average Bonchev–Trinajstić information content (AvgIpc) is 3.18. The minimum absolute atomic E-state index is 0.0843. The molecule has 1 amide bonds. The Hall–Kier alpha value is -2.91. The first-order chi connectivity index (χ1) is 14.1. The number of benzene rings is 2. The molecule has 2 aromatic carbocycles. The van der Waals surface area contributed by atoms with Gasteiger partial charge >= 0.3 is 5.91 Å². The van der Waals surface area contributed by atoms with Crippen molar-refractivity contribution >= 4 is 54.7 Å². The Balaban J connectivity index is 1.71. The predicted molar refractivity (Wildman–Crippen MR) is 115 cm³/mol. The Morgan fingerprint density at radius 2 is 2.10 bits per heavy atom. The van der Waals surface area contributed by atoms with E-state index in [4.69, 9.17) is 14.2 Å². The van der Waals surface area contributed by atoms with E-state index >= 15 is 0 Å². The maximum atomic E-state index is 13.0. The van der Waals surface area contributed by atoms with Gasteiger partial charge in [0.1, 0.15) is 25.2 Å². The predicted octanol–water partition coefficient (Wildman–Crippen LogP) is 4.32. The summed E-state index contributed by atoms with van der Waals surface area (Å²) in [5, 5.41) is 6.03. The van der Waals surface area contributed by atoms with Crippen molar-refractivity contribution < 1.29 is 19.0 Å². The Bertz CT molecular complexity index is 1090. The highest BCUT2D eigenvalue weighted by atomic mass is 79.9. The van der Waals surface area contributed by atoms with Gasteiger partial charge in [-0.15, -0.1) is 0 Å². The molecule has 4 rings (SSSR count). The molecule has 0 fully saturated rings. The number of hydrazone groups is 1. The maximum absolute atomic E-state index is 13.0. The zero-order valence-corrected chi connectivity index (χ0v) is 17.8. The summed E-state index contributed by atoms with van der Waals surface area (Å²) in [6.45, 7) is 0.707. The van der Waals surface area contributed by atoms with Gasteiger partial charge in [0, 0.05) is 4.47 Å². The van der Waals surface area contributed by atoms with Crippen molar-refractivity contribution in [1.82, 2.24) is 4.98 Å². The van der Waals surface area contributed by atoms with Crippen molar-refractivity contribution in [2.75, 3.05) is 25.3 Å². The van der Waals surface area contributed by atoms with Gasteiger partial charge in [-0.3, -0.25) is 4.79 Å². The Morgan fingerprint density at radius 1 is 1.28 bits per heavy atom. The molecular weight excluding hydrogens is 458 g/mol. The van der Waals surface area contributed by atoms with Gasteiger partial charge in [0.25, 0.3) is 0 Å². The molecule has 1 aromatic heterocycles. The third kappa shape index (κ3) is 4.41. The van der Waals surface area contributed by atoms with Crippen LogP contribution in [0.5, 0.6) is 5.75 Å².